The molecule has 0 atom stereocenters. The number of nitrogens with zero attached hydrogens (tertiary/aromatic N) is 3. The minimum Gasteiger partial charge on any atom is -0.382 e. The first-order valence-corrected chi connectivity index (χ1v) is 11.9. The van der Waals surface area contributed by atoms with Crippen LogP contribution in [0.15, 0.2) is 0 Å². The van der Waals surface area contributed by atoms with Crippen LogP contribution in [0.25, 0.3) is 11.0 Å². The van der Waals surface area contributed by atoms with Gasteiger partial charge in [0.25, 0.3) is 0 Å². The van der Waals surface area contributed by atoms with Crippen LogP contribution in [0.3, 0.4) is 0 Å². The monoisotopic (exact) mass is 394 g/mol. The van der Waals surface area contributed by atoms with Crippen LogP contribution < -0.4 is 5.73 Å². The van der Waals surface area contributed by atoms with Crippen LogP contribution >= 0.6 is 0 Å². The summed E-state index contributed by atoms with van der Waals surface area (Å²) in [6.45, 7) is 8.97. The Hall–Kier alpha value is -1.63. The molecule has 7 heteroatoms. The second kappa shape index (κ2) is 9.53. The van der Waals surface area contributed by atoms with Crippen LogP contribution in [0.4, 0.5) is 5.82 Å². The maximum absolute atomic E-state index is 12.1. The maximum atomic E-state index is 12.1. The zero-order chi connectivity index (χ0) is 20.0. The lowest BCUT2D eigenvalue weighted by molar-refractivity contribution is 0.575. The number of rotatable bonds is 11. The van der Waals surface area contributed by atoms with Crippen LogP contribution in [0.5, 0.6) is 0 Å². The highest BCUT2D eigenvalue weighted by molar-refractivity contribution is 7.91. The van der Waals surface area contributed by atoms with Gasteiger partial charge in [0.05, 0.1) is 17.0 Å². The summed E-state index contributed by atoms with van der Waals surface area (Å²) in [4.78, 5) is 9.19. The fourth-order valence-corrected chi connectivity index (χ4v) is 4.95. The van der Waals surface area contributed by atoms with Crippen molar-refractivity contribution in [1.82, 2.24) is 14.5 Å². The quantitative estimate of drug-likeness (QED) is 0.582. The van der Waals surface area contributed by atoms with Crippen LogP contribution in [0, 0.1) is 13.8 Å². The second-order valence-electron chi connectivity index (χ2n) is 7.40. The molecule has 0 saturated carbocycles. The SMILES string of the molecule is CCCCc1nc2c(N)nc(C)c(C)c2n1CCCCS(=O)(=O)CCCC. The average Bonchev–Trinajstić information content (AvgIpc) is 2.99. The zero-order valence-electron chi connectivity index (χ0n) is 17.2. The molecule has 2 aromatic rings. The predicted molar refractivity (Wildman–Crippen MR) is 113 cm³/mol. The second-order valence-corrected chi connectivity index (χ2v) is 9.70. The number of hydrogen-bond acceptors (Lipinski definition) is 5. The maximum Gasteiger partial charge on any atom is 0.151 e. The highest BCUT2D eigenvalue weighted by Gasteiger charge is 2.17. The van der Waals surface area contributed by atoms with E-state index in [0.29, 0.717) is 18.0 Å². The molecule has 2 heterocycles. The molecule has 0 aliphatic heterocycles. The third kappa shape index (κ3) is 5.43. The van der Waals surface area contributed by atoms with Crippen molar-refractivity contribution in [1.29, 1.82) is 0 Å². The summed E-state index contributed by atoms with van der Waals surface area (Å²) in [5.41, 5.74) is 9.99. The van der Waals surface area contributed by atoms with E-state index in [4.69, 9.17) is 10.7 Å². The molecular formula is C20H34N4O2S. The highest BCUT2D eigenvalue weighted by Crippen LogP contribution is 2.27. The highest BCUT2D eigenvalue weighted by atomic mass is 32.2. The molecule has 0 spiro atoms. The molecule has 0 aromatic carbocycles. The Kier molecular flexibility index (Phi) is 7.65. The first kappa shape index (κ1) is 21.7. The number of nitrogens with two attached hydrogens (primary N) is 1. The van der Waals surface area contributed by atoms with Crippen LogP contribution in [-0.2, 0) is 22.8 Å². The fourth-order valence-electron chi connectivity index (χ4n) is 3.37. The summed E-state index contributed by atoms with van der Waals surface area (Å²) in [5, 5.41) is 0. The lowest BCUT2D eigenvalue weighted by Gasteiger charge is -2.12. The fraction of sp³-hybridized carbons (Fsp3) is 0.700. The van der Waals surface area contributed by atoms with Gasteiger partial charge in [0.1, 0.15) is 21.2 Å². The molecule has 6 nitrogen and oxygen atoms in total. The number of nitrogen functional groups attached to an aromatic ring is 1. The Morgan fingerprint density at radius 3 is 2.30 bits per heavy atom. The van der Waals surface area contributed by atoms with Crippen molar-refractivity contribution in [3.8, 4) is 0 Å². The van der Waals surface area contributed by atoms with Crippen molar-refractivity contribution in [2.24, 2.45) is 0 Å². The summed E-state index contributed by atoms with van der Waals surface area (Å²) >= 11 is 0. The largest absolute Gasteiger partial charge is 0.382 e. The van der Waals surface area contributed by atoms with E-state index in [2.05, 4.69) is 23.4 Å². The Labute approximate surface area is 163 Å². The van der Waals surface area contributed by atoms with E-state index >= 15 is 0 Å². The summed E-state index contributed by atoms with van der Waals surface area (Å²) in [6, 6.07) is 0. The summed E-state index contributed by atoms with van der Waals surface area (Å²) < 4.78 is 26.4. The smallest absolute Gasteiger partial charge is 0.151 e. The van der Waals surface area contributed by atoms with Gasteiger partial charge in [-0.05, 0) is 45.1 Å². The van der Waals surface area contributed by atoms with Crippen molar-refractivity contribution >= 4 is 26.7 Å². The number of pyridine rings is 1. The van der Waals surface area contributed by atoms with Gasteiger partial charge >= 0.3 is 0 Å². The van der Waals surface area contributed by atoms with Crippen LogP contribution in [0.1, 0.15) is 69.5 Å². The Balaban J connectivity index is 2.20. The van der Waals surface area contributed by atoms with E-state index < -0.39 is 9.84 Å². The predicted octanol–water partition coefficient (Wildman–Crippen LogP) is 3.97. The molecule has 27 heavy (non-hydrogen) atoms. The van der Waals surface area contributed by atoms with Crippen molar-refractivity contribution in [3.63, 3.8) is 0 Å². The van der Waals surface area contributed by atoms with Gasteiger partial charge < -0.3 is 10.3 Å². The minimum atomic E-state index is -2.93. The van der Waals surface area contributed by atoms with Gasteiger partial charge in [0.15, 0.2) is 5.82 Å². The normalized spacial score (nSPS) is 12.1. The van der Waals surface area contributed by atoms with E-state index in [0.717, 1.165) is 73.2 Å². The number of sulfone groups is 1. The van der Waals surface area contributed by atoms with Crippen molar-refractivity contribution in [2.75, 3.05) is 17.2 Å². The van der Waals surface area contributed by atoms with Gasteiger partial charge in [-0.3, -0.25) is 0 Å². The van der Waals surface area contributed by atoms with Gasteiger partial charge in [-0.2, -0.15) is 0 Å². The van der Waals surface area contributed by atoms with Gasteiger partial charge in [-0.15, -0.1) is 0 Å². The molecule has 0 bridgehead atoms. The molecule has 0 saturated heterocycles. The van der Waals surface area contributed by atoms with E-state index in [1.807, 2.05) is 13.8 Å². The molecule has 2 N–H and O–H groups in total. The molecule has 0 aliphatic carbocycles. The van der Waals surface area contributed by atoms with Crippen LogP contribution in [-0.4, -0.2) is 34.5 Å². The van der Waals surface area contributed by atoms with Gasteiger partial charge in [0, 0.05) is 18.7 Å². The lowest BCUT2D eigenvalue weighted by atomic mass is 10.2. The topological polar surface area (TPSA) is 90.9 Å². The van der Waals surface area contributed by atoms with Crippen molar-refractivity contribution < 1.29 is 8.42 Å². The zero-order valence-corrected chi connectivity index (χ0v) is 18.0. The van der Waals surface area contributed by atoms with Crippen molar-refractivity contribution in [3.05, 3.63) is 17.1 Å². The molecule has 0 aliphatic rings. The molecule has 2 rings (SSSR count). The number of unbranched alkanes of at least 4 members (excludes halogenated alkanes) is 3. The Bertz CT molecular complexity index is 872. The number of hydrogen-bond donors (Lipinski definition) is 1. The van der Waals surface area contributed by atoms with E-state index in [9.17, 15) is 8.42 Å². The number of imidazole rings is 1. The first-order valence-electron chi connectivity index (χ1n) is 10.1. The Morgan fingerprint density at radius 1 is 0.963 bits per heavy atom. The average molecular weight is 395 g/mol. The van der Waals surface area contributed by atoms with Gasteiger partial charge in [-0.1, -0.05) is 26.7 Å². The summed E-state index contributed by atoms with van der Waals surface area (Å²) in [5.74, 6) is 2.08. The molecule has 2 aromatic heterocycles. The number of anilines is 1. The number of fused-ring (bicyclic) bond motifs is 1. The summed E-state index contributed by atoms with van der Waals surface area (Å²) in [7, 11) is -2.93. The third-order valence-electron chi connectivity index (χ3n) is 5.13. The number of aryl methyl sites for hydroxylation is 4. The Morgan fingerprint density at radius 2 is 1.63 bits per heavy atom. The van der Waals surface area contributed by atoms with E-state index in [-0.39, 0.29) is 5.75 Å². The standard InChI is InChI=1S/C20H34N4O2S/c1-5-7-11-17-23-18-19(15(3)16(4)22-20(18)21)24(17)12-9-10-14-27(25,26)13-8-6-2/h5-14H2,1-4H3,(H2,21,22). The molecule has 0 unspecified atom stereocenters. The van der Waals surface area contributed by atoms with Gasteiger partial charge in [-0.25, -0.2) is 18.4 Å². The molecule has 0 fully saturated rings. The molecule has 152 valence electrons. The van der Waals surface area contributed by atoms with Crippen molar-refractivity contribution in [2.45, 2.75) is 79.2 Å². The van der Waals surface area contributed by atoms with E-state index in [1.54, 1.807) is 0 Å². The minimum absolute atomic E-state index is 0.269. The van der Waals surface area contributed by atoms with E-state index in [1.165, 1.54) is 0 Å². The lowest BCUT2D eigenvalue weighted by Crippen LogP contribution is -2.12. The molecule has 0 amide bonds. The molecular weight excluding hydrogens is 360 g/mol. The first-order chi connectivity index (χ1) is 12.8. The molecule has 0 radical (unpaired) electrons. The van der Waals surface area contributed by atoms with Crippen LogP contribution in [0.2, 0.25) is 0 Å². The number of aromatic nitrogens is 3. The third-order valence-corrected chi connectivity index (χ3v) is 6.95. The van der Waals surface area contributed by atoms with Gasteiger partial charge in [0.2, 0.25) is 0 Å². The summed E-state index contributed by atoms with van der Waals surface area (Å²) in [6.07, 6.45) is 6.23.